The number of imidazole rings is 1. The molecule has 1 aliphatic carbocycles. The quantitative estimate of drug-likeness (QED) is 0.834. The Hall–Kier alpha value is -1.72. The van der Waals surface area contributed by atoms with Crippen LogP contribution in [0.25, 0.3) is 11.0 Å². The molecule has 1 aliphatic rings. The van der Waals surface area contributed by atoms with Crippen molar-refractivity contribution in [3.05, 3.63) is 24.3 Å². The van der Waals surface area contributed by atoms with Gasteiger partial charge in [0.05, 0.1) is 11.0 Å². The molecule has 0 saturated heterocycles. The highest BCUT2D eigenvalue weighted by atomic mass is 19.4. The fourth-order valence-corrected chi connectivity index (χ4v) is 2.25. The van der Waals surface area contributed by atoms with Crippen molar-refractivity contribution in [1.29, 1.82) is 0 Å². The van der Waals surface area contributed by atoms with Gasteiger partial charge < -0.3 is 5.73 Å². The molecule has 90 valence electrons. The lowest BCUT2D eigenvalue weighted by Crippen LogP contribution is -2.35. The minimum absolute atomic E-state index is 0.0685. The number of fused-ring (bicyclic) bond motifs is 1. The number of benzene rings is 1. The molecule has 0 amide bonds. The number of aromatic nitrogens is 2. The maximum Gasteiger partial charge on any atom is 0.412 e. The van der Waals surface area contributed by atoms with Gasteiger partial charge in [-0.2, -0.15) is 13.2 Å². The van der Waals surface area contributed by atoms with E-state index in [9.17, 15) is 13.2 Å². The van der Waals surface area contributed by atoms with E-state index in [0.717, 1.165) is 4.57 Å². The lowest BCUT2D eigenvalue weighted by molar-refractivity contribution is -0.178. The van der Waals surface area contributed by atoms with E-state index < -0.39 is 11.7 Å². The average molecular weight is 241 g/mol. The van der Waals surface area contributed by atoms with Gasteiger partial charge in [0, 0.05) is 0 Å². The summed E-state index contributed by atoms with van der Waals surface area (Å²) in [4.78, 5) is 3.97. The SMILES string of the molecule is Nc1nc2ccccc2n1C1(C(F)(F)F)CC1. The monoisotopic (exact) mass is 241 g/mol. The van der Waals surface area contributed by atoms with E-state index in [-0.39, 0.29) is 18.8 Å². The molecule has 0 spiro atoms. The van der Waals surface area contributed by atoms with Crippen LogP contribution < -0.4 is 5.73 Å². The Balaban J connectivity index is 2.28. The number of para-hydroxylation sites is 2. The standard InChI is InChI=1S/C11H10F3N3/c12-11(13,14)10(5-6-10)17-8-4-2-1-3-7(8)16-9(17)15/h1-4H,5-6H2,(H2,15,16). The Kier molecular flexibility index (Phi) is 1.80. The molecule has 1 fully saturated rings. The van der Waals surface area contributed by atoms with E-state index in [1.807, 2.05) is 0 Å². The third kappa shape index (κ3) is 1.26. The van der Waals surface area contributed by atoms with Crippen molar-refractivity contribution in [2.45, 2.75) is 24.6 Å². The Bertz CT molecular complexity index is 581. The van der Waals surface area contributed by atoms with Gasteiger partial charge in [-0.15, -0.1) is 0 Å². The van der Waals surface area contributed by atoms with Crippen LogP contribution in [0.5, 0.6) is 0 Å². The van der Waals surface area contributed by atoms with Crippen LogP contribution in [0.15, 0.2) is 24.3 Å². The highest BCUT2D eigenvalue weighted by molar-refractivity contribution is 5.79. The summed E-state index contributed by atoms with van der Waals surface area (Å²) in [7, 11) is 0. The van der Waals surface area contributed by atoms with E-state index in [2.05, 4.69) is 4.98 Å². The van der Waals surface area contributed by atoms with Crippen molar-refractivity contribution in [3.63, 3.8) is 0 Å². The zero-order chi connectivity index (χ0) is 12.3. The normalized spacial score (nSPS) is 18.5. The van der Waals surface area contributed by atoms with Gasteiger partial charge in [0.15, 0.2) is 0 Å². The van der Waals surface area contributed by atoms with Gasteiger partial charge in [-0.05, 0) is 25.0 Å². The predicted molar refractivity (Wildman–Crippen MR) is 57.4 cm³/mol. The zero-order valence-corrected chi connectivity index (χ0v) is 8.83. The largest absolute Gasteiger partial charge is 0.412 e. The third-order valence-electron chi connectivity index (χ3n) is 3.27. The Morgan fingerprint density at radius 1 is 1.24 bits per heavy atom. The van der Waals surface area contributed by atoms with Gasteiger partial charge in [0.2, 0.25) is 5.95 Å². The highest BCUT2D eigenvalue weighted by Crippen LogP contribution is 2.57. The highest BCUT2D eigenvalue weighted by Gasteiger charge is 2.65. The van der Waals surface area contributed by atoms with Crippen molar-refractivity contribution in [2.75, 3.05) is 5.73 Å². The molecule has 0 unspecified atom stereocenters. The van der Waals surface area contributed by atoms with Gasteiger partial charge in [-0.1, -0.05) is 12.1 Å². The number of alkyl halides is 3. The molecule has 1 aromatic carbocycles. The van der Waals surface area contributed by atoms with E-state index in [0.29, 0.717) is 11.0 Å². The van der Waals surface area contributed by atoms with Crippen LogP contribution >= 0.6 is 0 Å². The lowest BCUT2D eigenvalue weighted by Gasteiger charge is -2.22. The second-order valence-electron chi connectivity index (χ2n) is 4.32. The van der Waals surface area contributed by atoms with Crippen LogP contribution in [-0.4, -0.2) is 15.7 Å². The number of hydrogen-bond acceptors (Lipinski definition) is 2. The lowest BCUT2D eigenvalue weighted by atomic mass is 10.2. The van der Waals surface area contributed by atoms with Crippen molar-refractivity contribution in [1.82, 2.24) is 9.55 Å². The number of nitrogens with zero attached hydrogens (tertiary/aromatic N) is 2. The van der Waals surface area contributed by atoms with Gasteiger partial charge in [-0.3, -0.25) is 4.57 Å². The first-order valence-electron chi connectivity index (χ1n) is 5.26. The number of nitrogen functional groups attached to an aromatic ring is 1. The Morgan fingerprint density at radius 2 is 1.88 bits per heavy atom. The average Bonchev–Trinajstić information content (AvgIpc) is 2.96. The van der Waals surface area contributed by atoms with Crippen LogP contribution in [0.3, 0.4) is 0 Å². The third-order valence-corrected chi connectivity index (χ3v) is 3.27. The van der Waals surface area contributed by atoms with E-state index >= 15 is 0 Å². The maximum atomic E-state index is 13.1. The second-order valence-corrected chi connectivity index (χ2v) is 4.32. The summed E-state index contributed by atoms with van der Waals surface area (Å²) in [6.45, 7) is 0. The van der Waals surface area contributed by atoms with Crippen LogP contribution in [0, 0.1) is 0 Å². The number of halogens is 3. The summed E-state index contributed by atoms with van der Waals surface area (Å²) in [6.07, 6.45) is -4.15. The molecule has 2 aromatic rings. The summed E-state index contributed by atoms with van der Waals surface area (Å²) >= 11 is 0. The Labute approximate surface area is 95.0 Å². The minimum Gasteiger partial charge on any atom is -0.369 e. The van der Waals surface area contributed by atoms with Crippen LogP contribution in [-0.2, 0) is 5.54 Å². The number of hydrogen-bond donors (Lipinski definition) is 1. The molecule has 2 N–H and O–H groups in total. The molecule has 6 heteroatoms. The van der Waals surface area contributed by atoms with Crippen LogP contribution in [0.4, 0.5) is 19.1 Å². The van der Waals surface area contributed by atoms with Crippen molar-refractivity contribution in [2.24, 2.45) is 0 Å². The van der Waals surface area contributed by atoms with E-state index in [1.165, 1.54) is 0 Å². The van der Waals surface area contributed by atoms with Crippen molar-refractivity contribution in [3.8, 4) is 0 Å². The molecule has 1 heterocycles. The van der Waals surface area contributed by atoms with Gasteiger partial charge in [-0.25, -0.2) is 4.98 Å². The molecule has 0 atom stereocenters. The van der Waals surface area contributed by atoms with Gasteiger partial charge in [0.1, 0.15) is 5.54 Å². The van der Waals surface area contributed by atoms with Crippen LogP contribution in [0.1, 0.15) is 12.8 Å². The minimum atomic E-state index is -4.29. The number of nitrogens with two attached hydrogens (primary N) is 1. The van der Waals surface area contributed by atoms with Gasteiger partial charge >= 0.3 is 6.18 Å². The van der Waals surface area contributed by atoms with Gasteiger partial charge in [0.25, 0.3) is 0 Å². The molecule has 0 bridgehead atoms. The molecule has 1 aromatic heterocycles. The molecule has 3 nitrogen and oxygen atoms in total. The summed E-state index contributed by atoms with van der Waals surface area (Å²) in [5.41, 5.74) is 4.73. The summed E-state index contributed by atoms with van der Waals surface area (Å²) < 4.78 is 40.3. The van der Waals surface area contributed by atoms with Crippen molar-refractivity contribution >= 4 is 17.0 Å². The molecule has 17 heavy (non-hydrogen) atoms. The fourth-order valence-electron chi connectivity index (χ4n) is 2.25. The molecule has 0 aliphatic heterocycles. The Morgan fingerprint density at radius 3 is 2.47 bits per heavy atom. The summed E-state index contributed by atoms with van der Waals surface area (Å²) in [6, 6.07) is 6.69. The summed E-state index contributed by atoms with van der Waals surface area (Å²) in [5, 5.41) is 0. The second kappa shape index (κ2) is 2.94. The van der Waals surface area contributed by atoms with E-state index in [4.69, 9.17) is 5.73 Å². The first-order valence-corrected chi connectivity index (χ1v) is 5.26. The zero-order valence-electron chi connectivity index (χ0n) is 8.83. The molecule has 3 rings (SSSR count). The van der Waals surface area contributed by atoms with Crippen molar-refractivity contribution < 1.29 is 13.2 Å². The number of rotatable bonds is 1. The smallest absolute Gasteiger partial charge is 0.369 e. The topological polar surface area (TPSA) is 43.8 Å². The van der Waals surface area contributed by atoms with Crippen LogP contribution in [0.2, 0.25) is 0 Å². The molecular weight excluding hydrogens is 231 g/mol. The summed E-state index contributed by atoms with van der Waals surface area (Å²) in [5.74, 6) is -0.0685. The molecule has 0 radical (unpaired) electrons. The molecular formula is C11H10F3N3. The fraction of sp³-hybridized carbons (Fsp3) is 0.364. The predicted octanol–water partition coefficient (Wildman–Crippen LogP) is 2.67. The maximum absolute atomic E-state index is 13.1. The number of anilines is 1. The first-order chi connectivity index (χ1) is 7.96. The molecule has 1 saturated carbocycles. The van der Waals surface area contributed by atoms with E-state index in [1.54, 1.807) is 24.3 Å². The first kappa shape index (κ1) is 10.4.